The molecule has 9 aromatic rings. The maximum absolute atomic E-state index is 5.06. The number of aromatic nitrogens is 2. The molecular weight excluding hydrogens is 472 g/mol. The number of pyridine rings is 1. The van der Waals surface area contributed by atoms with Gasteiger partial charge in [0.2, 0.25) is 0 Å². The van der Waals surface area contributed by atoms with Crippen molar-refractivity contribution in [3.8, 4) is 22.4 Å². The van der Waals surface area contributed by atoms with E-state index in [1.54, 1.807) is 0 Å². The monoisotopic (exact) mass is 494 g/mol. The van der Waals surface area contributed by atoms with E-state index < -0.39 is 0 Å². The SMILES string of the molecule is c1ccc(-c2nc3cccc4c5ccc(-c6ccc7c8ccccc8c8ccccc8c7c6)cc5c2n34)cc1. The molecule has 3 aromatic heterocycles. The molecule has 6 aromatic carbocycles. The van der Waals surface area contributed by atoms with Crippen LogP contribution in [0.15, 0.2) is 133 Å². The van der Waals surface area contributed by atoms with Crippen molar-refractivity contribution in [3.63, 3.8) is 0 Å². The van der Waals surface area contributed by atoms with E-state index in [4.69, 9.17) is 4.98 Å². The summed E-state index contributed by atoms with van der Waals surface area (Å²) in [4.78, 5) is 5.06. The summed E-state index contributed by atoms with van der Waals surface area (Å²) in [6.07, 6.45) is 0. The fourth-order valence-electron chi connectivity index (χ4n) is 6.58. The fourth-order valence-corrected chi connectivity index (χ4v) is 6.58. The molecule has 180 valence electrons. The molecule has 0 aliphatic heterocycles. The second-order valence-corrected chi connectivity index (χ2v) is 10.4. The first-order valence-electron chi connectivity index (χ1n) is 13.4. The van der Waals surface area contributed by atoms with E-state index in [1.165, 1.54) is 65.3 Å². The summed E-state index contributed by atoms with van der Waals surface area (Å²) >= 11 is 0. The van der Waals surface area contributed by atoms with Gasteiger partial charge in [-0.25, -0.2) is 4.98 Å². The Labute approximate surface area is 224 Å². The summed E-state index contributed by atoms with van der Waals surface area (Å²) in [5, 5.41) is 10.3. The second kappa shape index (κ2) is 7.66. The number of fused-ring (bicyclic) bond motifs is 9. The number of benzene rings is 6. The maximum Gasteiger partial charge on any atom is 0.138 e. The smallest absolute Gasteiger partial charge is 0.138 e. The minimum Gasteiger partial charge on any atom is -0.292 e. The van der Waals surface area contributed by atoms with Crippen molar-refractivity contribution in [1.82, 2.24) is 9.38 Å². The van der Waals surface area contributed by atoms with Gasteiger partial charge in [0.25, 0.3) is 0 Å². The van der Waals surface area contributed by atoms with Crippen molar-refractivity contribution in [3.05, 3.63) is 133 Å². The highest BCUT2D eigenvalue weighted by atomic mass is 15.0. The molecular formula is C37H22N2. The zero-order valence-electron chi connectivity index (χ0n) is 21.1. The van der Waals surface area contributed by atoms with Crippen LogP contribution < -0.4 is 0 Å². The van der Waals surface area contributed by atoms with E-state index in [-0.39, 0.29) is 0 Å². The van der Waals surface area contributed by atoms with E-state index in [1.807, 2.05) is 0 Å². The standard InChI is InChI=1S/C37H22N2/c1-2-9-23(10-3-1)36-37-33-22-25(18-20-31(33)34-15-8-16-35(38-36)39(34)37)24-17-19-30-28-13-5-4-11-26(28)27-12-6-7-14-29(27)32(30)21-24/h1-22H. The minimum atomic E-state index is 0.989. The third-order valence-corrected chi connectivity index (χ3v) is 8.32. The molecule has 2 nitrogen and oxygen atoms in total. The Hall–Kier alpha value is -5.21. The molecule has 0 unspecified atom stereocenters. The van der Waals surface area contributed by atoms with Crippen molar-refractivity contribution in [2.75, 3.05) is 0 Å². The Morgan fingerprint density at radius 1 is 0.385 bits per heavy atom. The van der Waals surface area contributed by atoms with Crippen LogP contribution in [0.1, 0.15) is 0 Å². The quantitative estimate of drug-likeness (QED) is 0.219. The van der Waals surface area contributed by atoms with Gasteiger partial charge in [0.05, 0.1) is 16.7 Å². The molecule has 3 heterocycles. The van der Waals surface area contributed by atoms with Gasteiger partial charge < -0.3 is 0 Å². The van der Waals surface area contributed by atoms with E-state index in [0.29, 0.717) is 0 Å². The van der Waals surface area contributed by atoms with Crippen LogP contribution in [0.25, 0.3) is 82.2 Å². The van der Waals surface area contributed by atoms with Gasteiger partial charge in [-0.05, 0) is 67.7 Å². The topological polar surface area (TPSA) is 17.3 Å². The average Bonchev–Trinajstić information content (AvgIpc) is 3.57. The van der Waals surface area contributed by atoms with E-state index in [2.05, 4.69) is 138 Å². The molecule has 39 heavy (non-hydrogen) atoms. The van der Waals surface area contributed by atoms with Crippen LogP contribution in [0.5, 0.6) is 0 Å². The average molecular weight is 495 g/mol. The van der Waals surface area contributed by atoms with Gasteiger partial charge >= 0.3 is 0 Å². The molecule has 0 saturated carbocycles. The van der Waals surface area contributed by atoms with Crippen LogP contribution in [0.2, 0.25) is 0 Å². The maximum atomic E-state index is 5.06. The number of nitrogens with zero attached hydrogens (tertiary/aromatic N) is 2. The number of hydrogen-bond donors (Lipinski definition) is 0. The Balaban J connectivity index is 1.34. The molecule has 0 N–H and O–H groups in total. The summed E-state index contributed by atoms with van der Waals surface area (Å²) in [5.41, 5.74) is 8.00. The molecule has 0 bridgehead atoms. The predicted octanol–water partition coefficient (Wildman–Crippen LogP) is 9.87. The third kappa shape index (κ3) is 2.83. The lowest BCUT2D eigenvalue weighted by atomic mass is 9.92. The molecule has 0 spiro atoms. The van der Waals surface area contributed by atoms with Gasteiger partial charge in [0, 0.05) is 16.3 Å². The van der Waals surface area contributed by atoms with Crippen molar-refractivity contribution in [1.29, 1.82) is 0 Å². The summed E-state index contributed by atoms with van der Waals surface area (Å²) in [6.45, 7) is 0. The first-order chi connectivity index (χ1) is 19.3. The van der Waals surface area contributed by atoms with E-state index >= 15 is 0 Å². The summed E-state index contributed by atoms with van der Waals surface area (Å²) in [6, 6.07) is 48.3. The van der Waals surface area contributed by atoms with Gasteiger partial charge in [0.15, 0.2) is 0 Å². The first kappa shape index (κ1) is 20.8. The summed E-state index contributed by atoms with van der Waals surface area (Å²) in [7, 11) is 0. The van der Waals surface area contributed by atoms with Crippen molar-refractivity contribution >= 4 is 59.8 Å². The van der Waals surface area contributed by atoms with Crippen LogP contribution in [0.4, 0.5) is 0 Å². The van der Waals surface area contributed by atoms with Crippen molar-refractivity contribution in [2.24, 2.45) is 0 Å². The largest absolute Gasteiger partial charge is 0.292 e. The Morgan fingerprint density at radius 2 is 0.949 bits per heavy atom. The normalized spacial score (nSPS) is 12.1. The number of imidazole rings is 1. The lowest BCUT2D eigenvalue weighted by Gasteiger charge is -2.12. The van der Waals surface area contributed by atoms with Crippen molar-refractivity contribution in [2.45, 2.75) is 0 Å². The lowest BCUT2D eigenvalue weighted by Crippen LogP contribution is -1.85. The Kier molecular flexibility index (Phi) is 4.08. The van der Waals surface area contributed by atoms with E-state index in [0.717, 1.165) is 16.9 Å². The minimum absolute atomic E-state index is 0.989. The summed E-state index contributed by atoms with van der Waals surface area (Å²) < 4.78 is 2.32. The molecule has 0 atom stereocenters. The number of hydrogen-bond acceptors (Lipinski definition) is 1. The highest BCUT2D eigenvalue weighted by molar-refractivity contribution is 6.26. The van der Waals surface area contributed by atoms with E-state index in [9.17, 15) is 0 Å². The highest BCUT2D eigenvalue weighted by Gasteiger charge is 2.19. The molecule has 0 radical (unpaired) electrons. The molecule has 2 heteroatoms. The Morgan fingerprint density at radius 3 is 1.64 bits per heavy atom. The first-order valence-corrected chi connectivity index (χ1v) is 13.4. The zero-order chi connectivity index (χ0) is 25.5. The zero-order valence-corrected chi connectivity index (χ0v) is 21.1. The predicted molar refractivity (Wildman–Crippen MR) is 165 cm³/mol. The van der Waals surface area contributed by atoms with Crippen LogP contribution in [0, 0.1) is 0 Å². The molecule has 9 rings (SSSR count). The van der Waals surface area contributed by atoms with Gasteiger partial charge in [-0.15, -0.1) is 0 Å². The van der Waals surface area contributed by atoms with Crippen LogP contribution in [-0.4, -0.2) is 9.38 Å². The fraction of sp³-hybridized carbons (Fsp3) is 0. The number of rotatable bonds is 2. The Bertz CT molecular complexity index is 2340. The molecule has 0 aliphatic rings. The third-order valence-electron chi connectivity index (χ3n) is 8.32. The molecule has 0 amide bonds. The van der Waals surface area contributed by atoms with Crippen LogP contribution >= 0.6 is 0 Å². The van der Waals surface area contributed by atoms with Gasteiger partial charge in [-0.3, -0.25) is 4.40 Å². The van der Waals surface area contributed by atoms with Gasteiger partial charge in [0.1, 0.15) is 5.65 Å². The van der Waals surface area contributed by atoms with Crippen molar-refractivity contribution < 1.29 is 0 Å². The molecule has 0 saturated heterocycles. The highest BCUT2D eigenvalue weighted by Crippen LogP contribution is 2.41. The summed E-state index contributed by atoms with van der Waals surface area (Å²) in [5.74, 6) is 0. The molecule has 0 fully saturated rings. The molecule has 0 aliphatic carbocycles. The van der Waals surface area contributed by atoms with Gasteiger partial charge in [-0.1, -0.05) is 109 Å². The second-order valence-electron chi connectivity index (χ2n) is 10.4. The lowest BCUT2D eigenvalue weighted by molar-refractivity contribution is 1.31. The van der Waals surface area contributed by atoms with Gasteiger partial charge in [-0.2, -0.15) is 0 Å². The van der Waals surface area contributed by atoms with Crippen LogP contribution in [-0.2, 0) is 0 Å². The van der Waals surface area contributed by atoms with Crippen LogP contribution in [0.3, 0.4) is 0 Å².